The van der Waals surface area contributed by atoms with Crippen LogP contribution in [-0.4, -0.2) is 0 Å². The molecule has 1 aromatic carbocycles. The second-order valence-electron chi connectivity index (χ2n) is 3.11. The van der Waals surface area contributed by atoms with Crippen molar-refractivity contribution in [3.8, 4) is 16.9 Å². The van der Waals surface area contributed by atoms with Crippen molar-refractivity contribution in [2.75, 3.05) is 0 Å². The quantitative estimate of drug-likeness (QED) is 0.792. The number of benzene rings is 1. The van der Waals surface area contributed by atoms with Crippen LogP contribution in [0.2, 0.25) is 0 Å². The highest BCUT2D eigenvalue weighted by atomic mass is 32.1. The monoisotopic (exact) mass is 227 g/mol. The zero-order chi connectivity index (χ0) is 11.4. The van der Waals surface area contributed by atoms with Crippen molar-refractivity contribution in [2.45, 2.75) is 0 Å². The first kappa shape index (κ1) is 10.5. The van der Waals surface area contributed by atoms with E-state index in [1.807, 2.05) is 24.3 Å². The predicted octanol–water partition coefficient (Wildman–Crippen LogP) is 4.06. The molecule has 0 fully saturated rings. The summed E-state index contributed by atoms with van der Waals surface area (Å²) in [4.78, 5) is 0.651. The fourth-order valence-corrected chi connectivity index (χ4v) is 1.90. The molecule has 16 heavy (non-hydrogen) atoms. The smallest absolute Gasteiger partial charge is 0.182 e. The number of hydrogen-bond acceptors (Lipinski definition) is 3. The van der Waals surface area contributed by atoms with E-state index in [9.17, 15) is 0 Å². The van der Waals surface area contributed by atoms with Crippen LogP contribution < -0.4 is 4.74 Å². The molecule has 3 heteroatoms. The van der Waals surface area contributed by atoms with Crippen molar-refractivity contribution in [1.29, 1.82) is 5.26 Å². The van der Waals surface area contributed by atoms with Gasteiger partial charge in [-0.3, -0.25) is 0 Å². The van der Waals surface area contributed by atoms with Gasteiger partial charge in [0.05, 0.1) is 0 Å². The van der Waals surface area contributed by atoms with Crippen molar-refractivity contribution < 1.29 is 4.74 Å². The number of hydrogen-bond donors (Lipinski definition) is 0. The zero-order valence-electron chi connectivity index (χ0n) is 8.51. The van der Waals surface area contributed by atoms with Gasteiger partial charge in [-0.1, -0.05) is 36.1 Å². The van der Waals surface area contributed by atoms with E-state index in [0.29, 0.717) is 4.88 Å². The third kappa shape index (κ3) is 2.30. The van der Waals surface area contributed by atoms with Crippen LogP contribution in [-0.2, 0) is 0 Å². The molecular weight excluding hydrogens is 218 g/mol. The Labute approximate surface area is 98.0 Å². The highest BCUT2D eigenvalue weighted by Gasteiger charge is 2.01. The lowest BCUT2D eigenvalue weighted by molar-refractivity contribution is 0.496. The number of nitriles is 1. The third-order valence-corrected chi connectivity index (χ3v) is 2.89. The van der Waals surface area contributed by atoms with Crippen LogP contribution >= 0.6 is 11.3 Å². The summed E-state index contributed by atoms with van der Waals surface area (Å²) < 4.78 is 5.59. The summed E-state index contributed by atoms with van der Waals surface area (Å²) in [6.07, 6.45) is 1.78. The minimum Gasteiger partial charge on any atom is -0.447 e. The van der Waals surface area contributed by atoms with Crippen LogP contribution in [0, 0.1) is 11.3 Å². The predicted molar refractivity (Wildman–Crippen MR) is 65.6 cm³/mol. The summed E-state index contributed by atoms with van der Waals surface area (Å²) in [7, 11) is 0. The molecular formula is C13H9NOS. The van der Waals surface area contributed by atoms with E-state index in [1.54, 1.807) is 18.2 Å². The van der Waals surface area contributed by atoms with E-state index in [-0.39, 0.29) is 0 Å². The Hall–Kier alpha value is -2.05. The average Bonchev–Trinajstić information content (AvgIpc) is 2.78. The molecule has 0 saturated heterocycles. The Balaban J connectivity index is 2.14. The van der Waals surface area contributed by atoms with Crippen LogP contribution in [0.4, 0.5) is 0 Å². The van der Waals surface area contributed by atoms with E-state index in [0.717, 1.165) is 16.4 Å². The fraction of sp³-hybridized carbons (Fsp3) is 0. The molecule has 0 unspecified atom stereocenters. The van der Waals surface area contributed by atoms with Gasteiger partial charge in [0.1, 0.15) is 16.7 Å². The molecule has 0 bridgehead atoms. The molecule has 0 saturated carbocycles. The standard InChI is InChI=1S/C13H9NOS/c1-2-10-3-5-11(6-4-10)15-13-8-7-12(9-14)16-13/h2-8H,1H2. The second kappa shape index (κ2) is 4.65. The molecule has 0 aliphatic heterocycles. The Morgan fingerprint density at radius 2 is 1.94 bits per heavy atom. The molecule has 0 amide bonds. The second-order valence-corrected chi connectivity index (χ2v) is 4.15. The Morgan fingerprint density at radius 3 is 2.50 bits per heavy atom. The summed E-state index contributed by atoms with van der Waals surface area (Å²) >= 11 is 1.33. The summed E-state index contributed by atoms with van der Waals surface area (Å²) in [6.45, 7) is 3.68. The lowest BCUT2D eigenvalue weighted by atomic mass is 10.2. The number of thiophene rings is 1. The molecule has 0 spiro atoms. The molecule has 0 aliphatic carbocycles. The molecule has 0 N–H and O–H groups in total. The van der Waals surface area contributed by atoms with Crippen molar-refractivity contribution in [3.05, 3.63) is 53.4 Å². The highest BCUT2D eigenvalue weighted by Crippen LogP contribution is 2.29. The van der Waals surface area contributed by atoms with Gasteiger partial charge in [-0.05, 0) is 29.8 Å². The van der Waals surface area contributed by atoms with E-state index in [2.05, 4.69) is 12.6 Å². The van der Waals surface area contributed by atoms with Gasteiger partial charge in [0.25, 0.3) is 0 Å². The maximum absolute atomic E-state index is 8.68. The van der Waals surface area contributed by atoms with Gasteiger partial charge in [0.15, 0.2) is 5.06 Å². The molecule has 2 aromatic rings. The summed E-state index contributed by atoms with van der Waals surface area (Å²) in [5.74, 6) is 0.761. The third-order valence-electron chi connectivity index (χ3n) is 2.03. The first-order chi connectivity index (χ1) is 7.81. The number of nitrogens with zero attached hydrogens (tertiary/aromatic N) is 1. The normalized spacial score (nSPS) is 9.44. The summed E-state index contributed by atoms with van der Waals surface area (Å²) in [5, 5.41) is 9.40. The van der Waals surface area contributed by atoms with Crippen LogP contribution in [0.3, 0.4) is 0 Å². The van der Waals surface area contributed by atoms with Gasteiger partial charge < -0.3 is 4.74 Å². The highest BCUT2D eigenvalue weighted by molar-refractivity contribution is 7.14. The minimum atomic E-state index is 0.651. The summed E-state index contributed by atoms with van der Waals surface area (Å²) in [5.41, 5.74) is 1.05. The van der Waals surface area contributed by atoms with Crippen LogP contribution in [0.25, 0.3) is 6.08 Å². The molecule has 0 atom stereocenters. The maximum atomic E-state index is 8.68. The molecule has 1 aromatic heterocycles. The Bertz CT molecular complexity index is 534. The Morgan fingerprint density at radius 1 is 1.19 bits per heavy atom. The topological polar surface area (TPSA) is 33.0 Å². The Kier molecular flexibility index (Phi) is 3.04. The van der Waals surface area contributed by atoms with Gasteiger partial charge in [-0.15, -0.1) is 0 Å². The van der Waals surface area contributed by atoms with E-state index < -0.39 is 0 Å². The van der Waals surface area contributed by atoms with E-state index in [4.69, 9.17) is 10.00 Å². The van der Waals surface area contributed by atoms with Crippen LogP contribution in [0.1, 0.15) is 10.4 Å². The first-order valence-corrected chi connectivity index (χ1v) is 5.54. The largest absolute Gasteiger partial charge is 0.447 e. The molecule has 1 heterocycles. The minimum absolute atomic E-state index is 0.651. The average molecular weight is 227 g/mol. The van der Waals surface area contributed by atoms with Gasteiger partial charge in [0, 0.05) is 0 Å². The molecule has 0 aliphatic rings. The van der Waals surface area contributed by atoms with E-state index in [1.165, 1.54) is 11.3 Å². The van der Waals surface area contributed by atoms with E-state index >= 15 is 0 Å². The lowest BCUT2D eigenvalue weighted by Gasteiger charge is -2.02. The number of rotatable bonds is 3. The van der Waals surface area contributed by atoms with Gasteiger partial charge >= 0.3 is 0 Å². The SMILES string of the molecule is C=Cc1ccc(Oc2ccc(C#N)s2)cc1. The zero-order valence-corrected chi connectivity index (χ0v) is 9.33. The van der Waals surface area contributed by atoms with Gasteiger partial charge in [0.2, 0.25) is 0 Å². The fourth-order valence-electron chi connectivity index (χ4n) is 1.22. The van der Waals surface area contributed by atoms with Crippen LogP contribution in [0.5, 0.6) is 10.8 Å². The summed E-state index contributed by atoms with van der Waals surface area (Å²) in [6, 6.07) is 13.2. The van der Waals surface area contributed by atoms with Gasteiger partial charge in [-0.2, -0.15) is 5.26 Å². The molecule has 2 nitrogen and oxygen atoms in total. The molecule has 78 valence electrons. The van der Waals surface area contributed by atoms with Crippen LogP contribution in [0.15, 0.2) is 43.0 Å². The van der Waals surface area contributed by atoms with Gasteiger partial charge in [-0.25, -0.2) is 0 Å². The van der Waals surface area contributed by atoms with Crippen molar-refractivity contribution in [2.24, 2.45) is 0 Å². The lowest BCUT2D eigenvalue weighted by Crippen LogP contribution is -1.80. The maximum Gasteiger partial charge on any atom is 0.182 e. The molecule has 0 radical (unpaired) electrons. The first-order valence-electron chi connectivity index (χ1n) is 4.72. The number of ether oxygens (including phenoxy) is 1. The van der Waals surface area contributed by atoms with Crippen molar-refractivity contribution in [3.63, 3.8) is 0 Å². The van der Waals surface area contributed by atoms with Crippen molar-refractivity contribution in [1.82, 2.24) is 0 Å². The molecule has 2 rings (SSSR count). The van der Waals surface area contributed by atoms with Crippen molar-refractivity contribution >= 4 is 17.4 Å².